The Morgan fingerprint density at radius 1 is 1.28 bits per heavy atom. The first-order valence-corrected chi connectivity index (χ1v) is 9.39. The smallest absolute Gasteiger partial charge is 0.221 e. The van der Waals surface area contributed by atoms with E-state index in [2.05, 4.69) is 44.8 Å². The Labute approximate surface area is 163 Å². The van der Waals surface area contributed by atoms with Crippen LogP contribution >= 0.6 is 28.3 Å². The van der Waals surface area contributed by atoms with E-state index in [1.807, 2.05) is 6.07 Å². The number of morpholine rings is 1. The van der Waals surface area contributed by atoms with Gasteiger partial charge in [0.15, 0.2) is 0 Å². The molecule has 1 aromatic carbocycles. The average Bonchev–Trinajstić information content (AvgIpc) is 2.62. The van der Waals surface area contributed by atoms with E-state index >= 15 is 0 Å². The molecule has 5 nitrogen and oxygen atoms in total. The number of halogens is 2. The summed E-state index contributed by atoms with van der Waals surface area (Å²) in [7, 11) is 0. The molecule has 2 fully saturated rings. The van der Waals surface area contributed by atoms with Gasteiger partial charge >= 0.3 is 0 Å². The van der Waals surface area contributed by atoms with Crippen LogP contribution < -0.4 is 10.6 Å². The molecule has 140 valence electrons. The largest absolute Gasteiger partial charge is 0.381 e. The Morgan fingerprint density at radius 2 is 2.08 bits per heavy atom. The van der Waals surface area contributed by atoms with Gasteiger partial charge in [-0.15, -0.1) is 12.4 Å². The molecular weight excluding hydrogens is 408 g/mol. The van der Waals surface area contributed by atoms with E-state index in [-0.39, 0.29) is 29.8 Å². The molecule has 3 rings (SSSR count). The lowest BCUT2D eigenvalue weighted by Crippen LogP contribution is -2.48. The van der Waals surface area contributed by atoms with E-state index in [0.717, 1.165) is 43.7 Å². The van der Waals surface area contributed by atoms with Crippen molar-refractivity contribution >= 4 is 34.2 Å². The molecule has 0 spiro atoms. The maximum Gasteiger partial charge on any atom is 0.221 e. The average molecular weight is 434 g/mol. The third-order valence-corrected chi connectivity index (χ3v) is 5.43. The summed E-state index contributed by atoms with van der Waals surface area (Å²) in [6, 6.07) is 8.52. The summed E-state index contributed by atoms with van der Waals surface area (Å²) in [5.74, 6) is 0.0823. The van der Waals surface area contributed by atoms with Crippen LogP contribution in [0.4, 0.5) is 0 Å². The third kappa shape index (κ3) is 5.66. The maximum absolute atomic E-state index is 12.3. The number of carbonyl (C=O) groups excluding carboxylic acids is 1. The minimum Gasteiger partial charge on any atom is -0.381 e. The Balaban J connectivity index is 0.00000225. The quantitative estimate of drug-likeness (QED) is 0.749. The van der Waals surface area contributed by atoms with E-state index < -0.39 is 0 Å². The molecule has 1 amide bonds. The molecule has 2 heterocycles. The lowest BCUT2D eigenvalue weighted by atomic mass is 9.74. The van der Waals surface area contributed by atoms with Crippen LogP contribution in [0.15, 0.2) is 28.7 Å². The first kappa shape index (κ1) is 20.6. The normalized spacial score (nSPS) is 22.7. The topological polar surface area (TPSA) is 59.6 Å². The van der Waals surface area contributed by atoms with Crippen molar-refractivity contribution in [1.29, 1.82) is 0 Å². The summed E-state index contributed by atoms with van der Waals surface area (Å²) < 4.78 is 12.0. The predicted octanol–water partition coefficient (Wildman–Crippen LogP) is 2.41. The molecule has 2 aliphatic heterocycles. The molecule has 1 aromatic rings. The van der Waals surface area contributed by atoms with Gasteiger partial charge in [0, 0.05) is 48.7 Å². The number of hydrogen-bond acceptors (Lipinski definition) is 4. The molecule has 2 N–H and O–H groups in total. The van der Waals surface area contributed by atoms with Crippen LogP contribution in [0.2, 0.25) is 0 Å². The van der Waals surface area contributed by atoms with Gasteiger partial charge in [0.2, 0.25) is 5.91 Å². The molecule has 1 unspecified atom stereocenters. The zero-order chi connectivity index (χ0) is 16.8. The van der Waals surface area contributed by atoms with Gasteiger partial charge in [-0.25, -0.2) is 0 Å². The summed E-state index contributed by atoms with van der Waals surface area (Å²) in [5.41, 5.74) is 1.22. The fourth-order valence-corrected chi connectivity index (χ4v) is 3.86. The highest BCUT2D eigenvalue weighted by Crippen LogP contribution is 2.35. The number of nitrogens with one attached hydrogen (secondary N) is 2. The minimum absolute atomic E-state index is 0. The molecule has 1 atom stereocenters. The first-order chi connectivity index (χ1) is 11.7. The third-order valence-electron chi connectivity index (χ3n) is 4.94. The molecule has 0 radical (unpaired) electrons. The number of amides is 1. The molecule has 2 saturated heterocycles. The van der Waals surface area contributed by atoms with Crippen LogP contribution in [0.3, 0.4) is 0 Å². The summed E-state index contributed by atoms with van der Waals surface area (Å²) in [6.07, 6.45) is 2.31. The second-order valence-corrected chi connectivity index (χ2v) is 7.53. The summed E-state index contributed by atoms with van der Waals surface area (Å²) >= 11 is 3.56. The fourth-order valence-electron chi connectivity index (χ4n) is 3.46. The van der Waals surface area contributed by atoms with Crippen LogP contribution in [0.5, 0.6) is 0 Å². The van der Waals surface area contributed by atoms with Crippen LogP contribution in [0.25, 0.3) is 0 Å². The molecule has 0 saturated carbocycles. The van der Waals surface area contributed by atoms with Crippen molar-refractivity contribution < 1.29 is 14.3 Å². The summed E-state index contributed by atoms with van der Waals surface area (Å²) in [5, 5.41) is 6.48. The molecule has 0 aliphatic carbocycles. The van der Waals surface area contributed by atoms with Crippen molar-refractivity contribution in [3.8, 4) is 0 Å². The van der Waals surface area contributed by atoms with E-state index in [1.54, 1.807) is 0 Å². The van der Waals surface area contributed by atoms with Gasteiger partial charge in [0.25, 0.3) is 0 Å². The Morgan fingerprint density at radius 3 is 2.76 bits per heavy atom. The van der Waals surface area contributed by atoms with E-state index in [4.69, 9.17) is 9.47 Å². The highest BCUT2D eigenvalue weighted by molar-refractivity contribution is 9.10. The second kappa shape index (κ2) is 9.88. The van der Waals surface area contributed by atoms with Crippen molar-refractivity contribution in [2.45, 2.75) is 30.7 Å². The molecule has 0 aromatic heterocycles. The van der Waals surface area contributed by atoms with E-state index in [0.29, 0.717) is 19.6 Å². The van der Waals surface area contributed by atoms with Gasteiger partial charge in [-0.05, 0) is 30.5 Å². The van der Waals surface area contributed by atoms with Crippen molar-refractivity contribution in [3.05, 3.63) is 34.3 Å². The number of benzene rings is 1. The van der Waals surface area contributed by atoms with Crippen molar-refractivity contribution in [3.63, 3.8) is 0 Å². The fraction of sp³-hybridized carbons (Fsp3) is 0.611. The number of carbonyl (C=O) groups is 1. The highest BCUT2D eigenvalue weighted by atomic mass is 79.9. The van der Waals surface area contributed by atoms with Crippen LogP contribution in [-0.2, 0) is 19.7 Å². The predicted molar refractivity (Wildman–Crippen MR) is 103 cm³/mol. The summed E-state index contributed by atoms with van der Waals surface area (Å²) in [4.78, 5) is 12.3. The standard InChI is InChI=1S/C18H25BrN2O3.ClH/c19-15-3-1-2-14(10-15)18(4-7-23-8-5-18)13-21-17(22)11-16-12-24-9-6-20-16;/h1-3,10,16,20H,4-9,11-13H2,(H,21,22);1H. The van der Waals surface area contributed by atoms with Gasteiger partial charge in [-0.2, -0.15) is 0 Å². The highest BCUT2D eigenvalue weighted by Gasteiger charge is 2.35. The van der Waals surface area contributed by atoms with Gasteiger partial charge < -0.3 is 20.1 Å². The van der Waals surface area contributed by atoms with Crippen molar-refractivity contribution in [2.24, 2.45) is 0 Å². The molecule has 25 heavy (non-hydrogen) atoms. The second-order valence-electron chi connectivity index (χ2n) is 6.61. The lowest BCUT2D eigenvalue weighted by Gasteiger charge is -2.38. The van der Waals surface area contributed by atoms with Gasteiger partial charge in [-0.1, -0.05) is 28.1 Å². The van der Waals surface area contributed by atoms with Crippen molar-refractivity contribution in [2.75, 3.05) is 39.5 Å². The van der Waals surface area contributed by atoms with Gasteiger partial charge in [0.1, 0.15) is 0 Å². The van der Waals surface area contributed by atoms with Gasteiger partial charge in [0.05, 0.1) is 13.2 Å². The zero-order valence-corrected chi connectivity index (χ0v) is 16.7. The monoisotopic (exact) mass is 432 g/mol. The molecule has 7 heteroatoms. The number of rotatable bonds is 5. The van der Waals surface area contributed by atoms with Gasteiger partial charge in [-0.3, -0.25) is 4.79 Å². The van der Waals surface area contributed by atoms with E-state index in [9.17, 15) is 4.79 Å². The molecular formula is C18H26BrClN2O3. The maximum atomic E-state index is 12.3. The number of hydrogen-bond donors (Lipinski definition) is 2. The molecule has 2 aliphatic rings. The van der Waals surface area contributed by atoms with Crippen molar-refractivity contribution in [1.82, 2.24) is 10.6 Å². The Kier molecular flexibility index (Phi) is 8.16. The Bertz CT molecular complexity index is 561. The summed E-state index contributed by atoms with van der Waals surface area (Å²) in [6.45, 7) is 4.28. The molecule has 0 bridgehead atoms. The Hall–Kier alpha value is -0.660. The SMILES string of the molecule is Cl.O=C(CC1COCCN1)NCC1(c2cccc(Br)c2)CCOCC1. The number of ether oxygens (including phenoxy) is 2. The van der Waals surface area contributed by atoms with Crippen LogP contribution in [-0.4, -0.2) is 51.5 Å². The van der Waals surface area contributed by atoms with Crippen LogP contribution in [0, 0.1) is 0 Å². The first-order valence-electron chi connectivity index (χ1n) is 8.60. The van der Waals surface area contributed by atoms with E-state index in [1.165, 1.54) is 5.56 Å². The minimum atomic E-state index is -0.0474. The lowest BCUT2D eigenvalue weighted by molar-refractivity contribution is -0.122. The zero-order valence-electron chi connectivity index (χ0n) is 14.3. The van der Waals surface area contributed by atoms with Crippen LogP contribution in [0.1, 0.15) is 24.8 Å².